The van der Waals surface area contributed by atoms with Gasteiger partial charge in [0.05, 0.1) is 11.3 Å². The van der Waals surface area contributed by atoms with Gasteiger partial charge in [0.2, 0.25) is 0 Å². The molecule has 24 heavy (non-hydrogen) atoms. The number of halogens is 3. The van der Waals surface area contributed by atoms with Gasteiger partial charge in [0.25, 0.3) is 0 Å². The first-order valence-corrected chi connectivity index (χ1v) is 9.10. The molecule has 0 aromatic heterocycles. The molecule has 1 heterocycles. The monoisotopic (exact) mass is 362 g/mol. The summed E-state index contributed by atoms with van der Waals surface area (Å²) in [6.07, 6.45) is -2.03. The average molecular weight is 362 g/mol. The first-order chi connectivity index (χ1) is 11.3. The van der Waals surface area contributed by atoms with Crippen molar-refractivity contribution in [2.24, 2.45) is 5.73 Å². The van der Waals surface area contributed by atoms with Crippen LogP contribution in [-0.4, -0.2) is 30.8 Å². The Morgan fingerprint density at radius 1 is 1.46 bits per heavy atom. The highest BCUT2D eigenvalue weighted by molar-refractivity contribution is 7.98. The second-order valence-electron chi connectivity index (χ2n) is 5.65. The summed E-state index contributed by atoms with van der Waals surface area (Å²) in [5, 5.41) is 0. The number of ether oxygens (including phenoxy) is 1. The number of thioether (sulfide) groups is 1. The van der Waals surface area contributed by atoms with Gasteiger partial charge in [0.15, 0.2) is 0 Å². The fourth-order valence-electron chi connectivity index (χ4n) is 2.85. The van der Waals surface area contributed by atoms with Crippen LogP contribution in [0.3, 0.4) is 0 Å². The number of nitrogens with two attached hydrogens (primary N) is 1. The van der Waals surface area contributed by atoms with Gasteiger partial charge in [-0.2, -0.15) is 24.9 Å². The van der Waals surface area contributed by atoms with Crippen molar-refractivity contribution in [3.63, 3.8) is 0 Å². The number of alkyl halides is 3. The highest BCUT2D eigenvalue weighted by atomic mass is 32.2. The van der Waals surface area contributed by atoms with Gasteiger partial charge in [-0.05, 0) is 42.9 Å². The van der Waals surface area contributed by atoms with E-state index in [4.69, 9.17) is 10.5 Å². The van der Waals surface area contributed by atoms with Crippen molar-refractivity contribution in [3.8, 4) is 0 Å². The molecule has 1 amide bonds. The van der Waals surface area contributed by atoms with Gasteiger partial charge in [0.1, 0.15) is 6.61 Å². The van der Waals surface area contributed by atoms with Crippen LogP contribution in [0.1, 0.15) is 36.9 Å². The van der Waals surface area contributed by atoms with E-state index < -0.39 is 23.9 Å². The second kappa shape index (κ2) is 7.65. The maximum absolute atomic E-state index is 12.9. The third-order valence-electron chi connectivity index (χ3n) is 4.09. The third-order valence-corrected chi connectivity index (χ3v) is 4.66. The quantitative estimate of drug-likeness (QED) is 0.816. The molecular formula is C16H21F3N2O2S. The van der Waals surface area contributed by atoms with Crippen LogP contribution < -0.4 is 10.6 Å². The summed E-state index contributed by atoms with van der Waals surface area (Å²) in [6, 6.07) is 2.60. The summed E-state index contributed by atoms with van der Waals surface area (Å²) in [5.41, 5.74) is 6.03. The van der Waals surface area contributed by atoms with E-state index in [9.17, 15) is 18.0 Å². The molecule has 0 aliphatic carbocycles. The topological polar surface area (TPSA) is 55.6 Å². The molecule has 2 rings (SSSR count). The minimum atomic E-state index is -4.44. The fraction of sp³-hybridized carbons (Fsp3) is 0.562. The molecule has 1 aliphatic heterocycles. The molecular weight excluding hydrogens is 341 g/mol. The molecule has 0 fully saturated rings. The number of fused-ring (bicyclic) bond motifs is 1. The lowest BCUT2D eigenvalue weighted by molar-refractivity contribution is -0.137. The molecule has 0 saturated heterocycles. The molecule has 0 spiro atoms. The number of amides is 1. The van der Waals surface area contributed by atoms with Crippen LogP contribution in [0.4, 0.5) is 23.7 Å². The predicted octanol–water partition coefficient (Wildman–Crippen LogP) is 4.19. The number of hydrogen-bond donors (Lipinski definition) is 1. The normalized spacial score (nSPS) is 20.7. The number of anilines is 1. The number of hydrogen-bond acceptors (Lipinski definition) is 4. The lowest BCUT2D eigenvalue weighted by atomic mass is 9.89. The van der Waals surface area contributed by atoms with Gasteiger partial charge in [-0.3, -0.25) is 4.90 Å². The van der Waals surface area contributed by atoms with Crippen molar-refractivity contribution in [2.45, 2.75) is 38.0 Å². The van der Waals surface area contributed by atoms with Crippen LogP contribution in [-0.2, 0) is 10.9 Å². The highest BCUT2D eigenvalue weighted by Crippen LogP contribution is 2.40. The van der Waals surface area contributed by atoms with Crippen molar-refractivity contribution in [3.05, 3.63) is 29.3 Å². The van der Waals surface area contributed by atoms with Crippen LogP contribution in [0.25, 0.3) is 0 Å². The molecule has 0 unspecified atom stereocenters. The Morgan fingerprint density at radius 3 is 2.75 bits per heavy atom. The minimum Gasteiger partial charge on any atom is -0.448 e. The SMILES string of the molecule is CC[C@@H]1C[C@H](N)c2cc(C(F)(F)F)ccc2N1C(=O)OCCSC. The van der Waals surface area contributed by atoms with Gasteiger partial charge >= 0.3 is 12.3 Å². The van der Waals surface area contributed by atoms with E-state index in [1.807, 2.05) is 13.2 Å². The van der Waals surface area contributed by atoms with Crippen LogP contribution in [0.5, 0.6) is 0 Å². The van der Waals surface area contributed by atoms with E-state index in [1.54, 1.807) is 11.8 Å². The zero-order chi connectivity index (χ0) is 17.9. The summed E-state index contributed by atoms with van der Waals surface area (Å²) in [7, 11) is 0. The smallest absolute Gasteiger partial charge is 0.416 e. The number of carbonyl (C=O) groups excluding carboxylic acids is 1. The summed E-state index contributed by atoms with van der Waals surface area (Å²) in [4.78, 5) is 13.9. The van der Waals surface area contributed by atoms with Crippen molar-refractivity contribution in [2.75, 3.05) is 23.5 Å². The van der Waals surface area contributed by atoms with E-state index in [0.717, 1.165) is 12.1 Å². The van der Waals surface area contributed by atoms with Crippen LogP contribution in [0.15, 0.2) is 18.2 Å². The summed E-state index contributed by atoms with van der Waals surface area (Å²) >= 11 is 1.55. The molecule has 1 aromatic rings. The van der Waals surface area contributed by atoms with Crippen molar-refractivity contribution >= 4 is 23.5 Å². The van der Waals surface area contributed by atoms with E-state index in [1.165, 1.54) is 11.0 Å². The Bertz CT molecular complexity index is 595. The van der Waals surface area contributed by atoms with E-state index in [-0.39, 0.29) is 12.6 Å². The van der Waals surface area contributed by atoms with Crippen molar-refractivity contribution < 1.29 is 22.7 Å². The van der Waals surface area contributed by atoms with Gasteiger partial charge < -0.3 is 10.5 Å². The molecule has 2 N–H and O–H groups in total. The Kier molecular flexibility index (Phi) is 6.03. The molecule has 1 aliphatic rings. The first kappa shape index (κ1) is 18.9. The Balaban J connectivity index is 2.37. The first-order valence-electron chi connectivity index (χ1n) is 7.71. The van der Waals surface area contributed by atoms with Crippen molar-refractivity contribution in [1.82, 2.24) is 0 Å². The molecule has 0 saturated carbocycles. The largest absolute Gasteiger partial charge is 0.448 e. The summed E-state index contributed by atoms with van der Waals surface area (Å²) < 4.78 is 44.1. The number of rotatable bonds is 4. The Morgan fingerprint density at radius 2 is 2.17 bits per heavy atom. The third kappa shape index (κ3) is 3.97. The Hall–Kier alpha value is -1.41. The summed E-state index contributed by atoms with van der Waals surface area (Å²) in [6.45, 7) is 2.17. The molecule has 8 heteroatoms. The molecule has 0 radical (unpaired) electrons. The molecule has 134 valence electrons. The fourth-order valence-corrected chi connectivity index (χ4v) is 3.10. The van der Waals surface area contributed by atoms with Gasteiger partial charge in [-0.15, -0.1) is 0 Å². The van der Waals surface area contributed by atoms with E-state index in [2.05, 4.69) is 0 Å². The number of nitrogens with zero attached hydrogens (tertiary/aromatic N) is 1. The number of benzene rings is 1. The van der Waals surface area contributed by atoms with E-state index >= 15 is 0 Å². The zero-order valence-electron chi connectivity index (χ0n) is 13.6. The summed E-state index contributed by atoms with van der Waals surface area (Å²) in [5.74, 6) is 0.662. The lowest BCUT2D eigenvalue weighted by Gasteiger charge is -2.39. The maximum atomic E-state index is 12.9. The molecule has 0 bridgehead atoms. The van der Waals surface area contributed by atoms with Crippen LogP contribution in [0, 0.1) is 0 Å². The standard InChI is InChI=1S/C16H21F3N2O2S/c1-3-11-9-13(20)12-8-10(16(17,18)19)4-5-14(12)21(11)15(22)23-6-7-24-2/h4-5,8,11,13H,3,6-7,9,20H2,1-2H3/t11-,13+/m1/s1. The second-order valence-corrected chi connectivity index (χ2v) is 6.64. The van der Waals surface area contributed by atoms with Gasteiger partial charge in [-0.1, -0.05) is 6.92 Å². The Labute approximate surface area is 143 Å². The number of carbonyl (C=O) groups is 1. The van der Waals surface area contributed by atoms with Gasteiger partial charge in [0, 0.05) is 17.8 Å². The van der Waals surface area contributed by atoms with Crippen LogP contribution in [0.2, 0.25) is 0 Å². The maximum Gasteiger partial charge on any atom is 0.416 e. The van der Waals surface area contributed by atoms with Crippen molar-refractivity contribution in [1.29, 1.82) is 0 Å². The highest BCUT2D eigenvalue weighted by Gasteiger charge is 2.37. The minimum absolute atomic E-state index is 0.189. The molecule has 1 aromatic carbocycles. The van der Waals surface area contributed by atoms with Crippen LogP contribution >= 0.6 is 11.8 Å². The average Bonchev–Trinajstić information content (AvgIpc) is 2.53. The molecule has 4 nitrogen and oxygen atoms in total. The lowest BCUT2D eigenvalue weighted by Crippen LogP contribution is -2.46. The van der Waals surface area contributed by atoms with E-state index in [0.29, 0.717) is 29.8 Å². The predicted molar refractivity (Wildman–Crippen MR) is 89.3 cm³/mol. The molecule has 2 atom stereocenters. The van der Waals surface area contributed by atoms with Gasteiger partial charge in [-0.25, -0.2) is 4.79 Å². The zero-order valence-corrected chi connectivity index (χ0v) is 14.4.